The summed E-state index contributed by atoms with van der Waals surface area (Å²) in [6.45, 7) is 5.34. The summed E-state index contributed by atoms with van der Waals surface area (Å²) in [5, 5.41) is 9.03. The van der Waals surface area contributed by atoms with Gasteiger partial charge in [0.05, 0.1) is 6.61 Å². The van der Waals surface area contributed by atoms with Gasteiger partial charge >= 0.3 is 0 Å². The van der Waals surface area contributed by atoms with E-state index in [1.54, 1.807) is 6.07 Å². The molecule has 0 radical (unpaired) electrons. The van der Waals surface area contributed by atoms with E-state index in [1.165, 1.54) is 16.6 Å². The van der Waals surface area contributed by atoms with Crippen LogP contribution in [0.5, 0.6) is 0 Å². The quantitative estimate of drug-likeness (QED) is 0.919. The first kappa shape index (κ1) is 15.4. The van der Waals surface area contributed by atoms with Crippen LogP contribution in [-0.4, -0.2) is 35.9 Å². The van der Waals surface area contributed by atoms with Gasteiger partial charge in [0.1, 0.15) is 0 Å². The lowest BCUT2D eigenvalue weighted by Gasteiger charge is -2.37. The van der Waals surface area contributed by atoms with Crippen molar-refractivity contribution in [3.05, 3.63) is 23.9 Å². The number of rotatable bonds is 4. The van der Waals surface area contributed by atoms with E-state index in [4.69, 9.17) is 5.11 Å². The molecule has 0 spiro atoms. The molecule has 1 N–H and O–H groups in total. The van der Waals surface area contributed by atoms with Gasteiger partial charge in [-0.25, -0.2) is 13.4 Å². The molecule has 0 amide bonds. The van der Waals surface area contributed by atoms with Crippen LogP contribution >= 0.6 is 0 Å². The summed E-state index contributed by atoms with van der Waals surface area (Å²) in [7, 11) is -3.50. The molecule has 1 fully saturated rings. The van der Waals surface area contributed by atoms with Gasteiger partial charge in [-0.15, -0.1) is 0 Å². The van der Waals surface area contributed by atoms with E-state index in [9.17, 15) is 8.42 Å². The monoisotopic (exact) mass is 298 g/mol. The Hall–Kier alpha value is -0.980. The zero-order valence-electron chi connectivity index (χ0n) is 12.0. The second-order valence-electron chi connectivity index (χ2n) is 5.73. The second kappa shape index (κ2) is 5.79. The highest BCUT2D eigenvalue weighted by molar-refractivity contribution is 7.89. The molecule has 2 heterocycles. The zero-order valence-corrected chi connectivity index (χ0v) is 12.9. The minimum absolute atomic E-state index is 0.0646. The van der Waals surface area contributed by atoms with Crippen LogP contribution in [0.25, 0.3) is 0 Å². The van der Waals surface area contributed by atoms with Crippen molar-refractivity contribution in [3.63, 3.8) is 0 Å². The van der Waals surface area contributed by atoms with E-state index in [2.05, 4.69) is 18.8 Å². The number of piperidine rings is 1. The predicted octanol–water partition coefficient (Wildman–Crippen LogP) is 1.77. The molecule has 0 bridgehead atoms. The maximum atomic E-state index is 12.5. The molecule has 20 heavy (non-hydrogen) atoms. The van der Waals surface area contributed by atoms with Crippen LogP contribution in [0.15, 0.2) is 23.4 Å². The van der Waals surface area contributed by atoms with E-state index >= 15 is 0 Å². The minimum Gasteiger partial charge on any atom is -0.392 e. The maximum absolute atomic E-state index is 12.5. The van der Waals surface area contributed by atoms with Crippen LogP contribution < -0.4 is 0 Å². The van der Waals surface area contributed by atoms with Crippen molar-refractivity contribution in [2.24, 2.45) is 5.41 Å². The molecule has 112 valence electrons. The van der Waals surface area contributed by atoms with Gasteiger partial charge in [-0.05, 0) is 29.9 Å². The first-order valence-corrected chi connectivity index (χ1v) is 8.41. The number of aromatic nitrogens is 1. The molecule has 2 rings (SSSR count). The topological polar surface area (TPSA) is 70.5 Å². The third-order valence-electron chi connectivity index (χ3n) is 4.37. The first-order chi connectivity index (χ1) is 9.41. The highest BCUT2D eigenvalue weighted by atomic mass is 32.2. The van der Waals surface area contributed by atoms with Crippen LogP contribution in [0.1, 0.15) is 38.7 Å². The Morgan fingerprint density at radius 2 is 2.00 bits per heavy atom. The first-order valence-electron chi connectivity index (χ1n) is 6.97. The van der Waals surface area contributed by atoms with Crippen molar-refractivity contribution < 1.29 is 13.5 Å². The molecular weight excluding hydrogens is 276 g/mol. The summed E-state index contributed by atoms with van der Waals surface area (Å²) in [5.41, 5.74) is 0.862. The van der Waals surface area contributed by atoms with Crippen molar-refractivity contribution in [2.45, 2.75) is 44.7 Å². The Labute approximate surface area is 120 Å². The molecule has 1 aromatic rings. The van der Waals surface area contributed by atoms with Gasteiger partial charge in [0.15, 0.2) is 5.03 Å². The molecule has 1 saturated heterocycles. The number of aliphatic hydroxyl groups excluding tert-OH is 1. The van der Waals surface area contributed by atoms with Crippen LogP contribution in [0.4, 0.5) is 0 Å². The molecule has 1 aliphatic heterocycles. The highest BCUT2D eigenvalue weighted by Crippen LogP contribution is 2.35. The third kappa shape index (κ3) is 3.02. The fourth-order valence-corrected chi connectivity index (χ4v) is 3.76. The minimum atomic E-state index is -3.50. The lowest BCUT2D eigenvalue weighted by atomic mass is 9.79. The van der Waals surface area contributed by atoms with Gasteiger partial charge in [-0.3, -0.25) is 0 Å². The van der Waals surface area contributed by atoms with Gasteiger partial charge in [-0.1, -0.05) is 26.3 Å². The van der Waals surface area contributed by atoms with E-state index in [-0.39, 0.29) is 17.0 Å². The summed E-state index contributed by atoms with van der Waals surface area (Å²) in [6.07, 6.45) is 4.26. The zero-order chi connectivity index (χ0) is 14.8. The molecule has 0 aromatic carbocycles. The van der Waals surface area contributed by atoms with E-state index in [0.29, 0.717) is 18.7 Å². The SMILES string of the molecule is CCC1(C)CCN(S(=O)(=O)c2ccc(CO)cn2)CC1. The number of hydrogen-bond acceptors (Lipinski definition) is 4. The summed E-state index contributed by atoms with van der Waals surface area (Å²) in [4.78, 5) is 3.96. The molecule has 0 atom stereocenters. The van der Waals surface area contributed by atoms with Gasteiger partial charge < -0.3 is 5.11 Å². The van der Waals surface area contributed by atoms with Crippen LogP contribution in [0, 0.1) is 5.41 Å². The molecule has 1 aromatic heterocycles. The number of sulfonamides is 1. The van der Waals surface area contributed by atoms with Crippen molar-refractivity contribution >= 4 is 10.0 Å². The second-order valence-corrected chi connectivity index (χ2v) is 7.62. The molecule has 0 unspecified atom stereocenters. The standard InChI is InChI=1S/C14H22N2O3S/c1-3-14(2)6-8-16(9-7-14)20(18,19)13-5-4-12(11-17)10-15-13/h4-5,10,17H,3,6-9,11H2,1-2H3. The molecule has 5 nitrogen and oxygen atoms in total. The number of hydrogen-bond donors (Lipinski definition) is 1. The van der Waals surface area contributed by atoms with E-state index in [1.807, 2.05) is 0 Å². The lowest BCUT2D eigenvalue weighted by Crippen LogP contribution is -2.42. The highest BCUT2D eigenvalue weighted by Gasteiger charge is 2.34. The fraction of sp³-hybridized carbons (Fsp3) is 0.643. The van der Waals surface area contributed by atoms with Gasteiger partial charge in [-0.2, -0.15) is 4.31 Å². The van der Waals surface area contributed by atoms with Crippen molar-refractivity contribution in [2.75, 3.05) is 13.1 Å². The Bertz CT molecular complexity index is 546. The molecule has 1 aliphatic rings. The van der Waals surface area contributed by atoms with Crippen LogP contribution in [0.3, 0.4) is 0 Å². The molecule has 0 aliphatic carbocycles. The van der Waals surface area contributed by atoms with Crippen molar-refractivity contribution in [1.29, 1.82) is 0 Å². The Balaban J connectivity index is 2.15. The Kier molecular flexibility index (Phi) is 4.46. The molecule has 6 heteroatoms. The van der Waals surface area contributed by atoms with Crippen LogP contribution in [-0.2, 0) is 16.6 Å². The lowest BCUT2D eigenvalue weighted by molar-refractivity contribution is 0.168. The largest absolute Gasteiger partial charge is 0.392 e. The summed E-state index contributed by atoms with van der Waals surface area (Å²) < 4.78 is 26.5. The van der Waals surface area contributed by atoms with Crippen molar-refractivity contribution in [1.82, 2.24) is 9.29 Å². The van der Waals surface area contributed by atoms with E-state index in [0.717, 1.165) is 19.3 Å². The van der Waals surface area contributed by atoms with E-state index < -0.39 is 10.0 Å². The summed E-state index contributed by atoms with van der Waals surface area (Å²) in [6, 6.07) is 3.06. The smallest absolute Gasteiger partial charge is 0.260 e. The normalized spacial score (nSPS) is 19.9. The van der Waals surface area contributed by atoms with Crippen molar-refractivity contribution in [3.8, 4) is 0 Å². The molecule has 0 saturated carbocycles. The van der Waals surface area contributed by atoms with Gasteiger partial charge in [0.25, 0.3) is 10.0 Å². The molecular formula is C14H22N2O3S. The number of nitrogens with zero attached hydrogens (tertiary/aromatic N) is 2. The third-order valence-corrected chi connectivity index (χ3v) is 6.18. The van der Waals surface area contributed by atoms with Gasteiger partial charge in [0.2, 0.25) is 0 Å². The average Bonchev–Trinajstić information content (AvgIpc) is 2.48. The Morgan fingerprint density at radius 3 is 2.45 bits per heavy atom. The summed E-state index contributed by atoms with van der Waals surface area (Å²) >= 11 is 0. The van der Waals surface area contributed by atoms with Gasteiger partial charge in [0, 0.05) is 19.3 Å². The fourth-order valence-electron chi connectivity index (χ4n) is 2.41. The Morgan fingerprint density at radius 1 is 1.35 bits per heavy atom. The number of aliphatic hydroxyl groups is 1. The average molecular weight is 298 g/mol. The summed E-state index contributed by atoms with van der Waals surface area (Å²) in [5.74, 6) is 0. The van der Waals surface area contributed by atoms with Crippen LogP contribution in [0.2, 0.25) is 0 Å². The number of pyridine rings is 1. The predicted molar refractivity (Wildman–Crippen MR) is 76.6 cm³/mol. The maximum Gasteiger partial charge on any atom is 0.260 e.